The van der Waals surface area contributed by atoms with Crippen molar-refractivity contribution in [3.63, 3.8) is 0 Å². The predicted molar refractivity (Wildman–Crippen MR) is 59.1 cm³/mol. The van der Waals surface area contributed by atoms with Gasteiger partial charge in [-0.25, -0.2) is 4.79 Å². The Hall–Kier alpha value is -1.44. The van der Waals surface area contributed by atoms with Crippen LogP contribution in [0.25, 0.3) is 0 Å². The second-order valence-corrected chi connectivity index (χ2v) is 4.14. The van der Waals surface area contributed by atoms with E-state index in [1.54, 1.807) is 6.92 Å². The van der Waals surface area contributed by atoms with Gasteiger partial charge in [0.2, 0.25) is 0 Å². The van der Waals surface area contributed by atoms with Gasteiger partial charge in [0.25, 0.3) is 0 Å². The summed E-state index contributed by atoms with van der Waals surface area (Å²) in [6.45, 7) is 1.45. The van der Waals surface area contributed by atoms with Crippen LogP contribution in [-0.4, -0.2) is 38.6 Å². The van der Waals surface area contributed by atoms with Crippen molar-refractivity contribution in [2.45, 2.75) is 25.4 Å². The number of aliphatic hydroxyl groups is 2. The maximum Gasteiger partial charge on any atom is 0.351 e. The first-order valence-corrected chi connectivity index (χ1v) is 5.33. The SMILES string of the molecule is CC1C(O)[C@@H](CO)O[C@H]1n1ccc(N)nc1=O. The third-order valence-corrected chi connectivity index (χ3v) is 2.99. The van der Waals surface area contributed by atoms with Crippen LogP contribution in [-0.2, 0) is 4.74 Å². The van der Waals surface area contributed by atoms with E-state index in [2.05, 4.69) is 4.98 Å². The first kappa shape index (κ1) is 12.0. The highest BCUT2D eigenvalue weighted by Crippen LogP contribution is 2.33. The molecule has 1 fully saturated rings. The van der Waals surface area contributed by atoms with E-state index in [0.717, 1.165) is 0 Å². The number of aromatic nitrogens is 2. The molecule has 17 heavy (non-hydrogen) atoms. The zero-order valence-electron chi connectivity index (χ0n) is 9.35. The summed E-state index contributed by atoms with van der Waals surface area (Å²) in [5.74, 6) is -0.175. The molecule has 7 nitrogen and oxygen atoms in total. The van der Waals surface area contributed by atoms with E-state index in [1.165, 1.54) is 16.8 Å². The van der Waals surface area contributed by atoms with Crippen molar-refractivity contribution in [2.75, 3.05) is 12.3 Å². The van der Waals surface area contributed by atoms with E-state index in [-0.39, 0.29) is 18.3 Å². The van der Waals surface area contributed by atoms with E-state index >= 15 is 0 Å². The second kappa shape index (κ2) is 4.44. The number of anilines is 1. The van der Waals surface area contributed by atoms with Gasteiger partial charge in [-0.2, -0.15) is 4.98 Å². The lowest BCUT2D eigenvalue weighted by molar-refractivity contribution is -0.0476. The Morgan fingerprint density at radius 3 is 2.88 bits per heavy atom. The highest BCUT2D eigenvalue weighted by molar-refractivity contribution is 5.23. The van der Waals surface area contributed by atoms with Gasteiger partial charge in [0.05, 0.1) is 12.7 Å². The van der Waals surface area contributed by atoms with Crippen molar-refractivity contribution in [3.05, 3.63) is 22.7 Å². The van der Waals surface area contributed by atoms with Crippen LogP contribution in [0.3, 0.4) is 0 Å². The van der Waals surface area contributed by atoms with Crippen molar-refractivity contribution in [1.82, 2.24) is 9.55 Å². The summed E-state index contributed by atoms with van der Waals surface area (Å²) < 4.78 is 6.69. The third-order valence-electron chi connectivity index (χ3n) is 2.99. The summed E-state index contributed by atoms with van der Waals surface area (Å²) >= 11 is 0. The minimum atomic E-state index is -0.811. The Morgan fingerprint density at radius 1 is 1.65 bits per heavy atom. The van der Waals surface area contributed by atoms with Crippen LogP contribution in [0.4, 0.5) is 5.82 Å². The minimum absolute atomic E-state index is 0.135. The first-order valence-electron chi connectivity index (χ1n) is 5.33. The number of nitrogen functional groups attached to an aromatic ring is 1. The second-order valence-electron chi connectivity index (χ2n) is 4.14. The molecule has 7 heteroatoms. The number of ether oxygens (including phenoxy) is 1. The van der Waals surface area contributed by atoms with Gasteiger partial charge in [-0.15, -0.1) is 0 Å². The van der Waals surface area contributed by atoms with Gasteiger partial charge in [-0.1, -0.05) is 6.92 Å². The predicted octanol–water partition coefficient (Wildman–Crippen LogP) is -1.29. The number of hydrogen-bond acceptors (Lipinski definition) is 6. The molecule has 0 aliphatic carbocycles. The molecule has 2 unspecified atom stereocenters. The molecule has 1 aromatic rings. The Morgan fingerprint density at radius 2 is 2.35 bits per heavy atom. The molecule has 0 aromatic carbocycles. The Labute approximate surface area is 97.5 Å². The number of hydrogen-bond donors (Lipinski definition) is 3. The van der Waals surface area contributed by atoms with Crippen LogP contribution in [0.15, 0.2) is 17.1 Å². The monoisotopic (exact) mass is 241 g/mol. The van der Waals surface area contributed by atoms with Gasteiger partial charge in [0.15, 0.2) is 0 Å². The molecule has 1 aromatic heterocycles. The summed E-state index contributed by atoms with van der Waals surface area (Å²) in [5.41, 5.74) is 4.85. The first-order chi connectivity index (χ1) is 8.04. The fraction of sp³-hybridized carbons (Fsp3) is 0.600. The summed E-state index contributed by atoms with van der Waals surface area (Å²) in [6, 6.07) is 1.48. The summed E-state index contributed by atoms with van der Waals surface area (Å²) in [6.07, 6.45) is -0.658. The number of nitrogens with zero attached hydrogens (tertiary/aromatic N) is 2. The fourth-order valence-corrected chi connectivity index (χ4v) is 1.98. The van der Waals surface area contributed by atoms with Crippen LogP contribution in [0.5, 0.6) is 0 Å². The van der Waals surface area contributed by atoms with Gasteiger partial charge in [-0.3, -0.25) is 4.57 Å². The van der Waals surface area contributed by atoms with E-state index in [9.17, 15) is 9.90 Å². The maximum atomic E-state index is 11.6. The van der Waals surface area contributed by atoms with Crippen molar-refractivity contribution in [2.24, 2.45) is 5.92 Å². The Balaban J connectivity index is 2.32. The van der Waals surface area contributed by atoms with E-state index in [1.807, 2.05) is 0 Å². The van der Waals surface area contributed by atoms with Crippen LogP contribution < -0.4 is 11.4 Å². The highest BCUT2D eigenvalue weighted by Gasteiger charge is 2.41. The number of nitrogens with two attached hydrogens (primary N) is 1. The molecule has 0 amide bonds. The Bertz CT molecular complexity index is 461. The largest absolute Gasteiger partial charge is 0.394 e. The molecule has 1 saturated heterocycles. The van der Waals surface area contributed by atoms with Crippen LogP contribution in [0, 0.1) is 5.92 Å². The van der Waals surface area contributed by atoms with Crippen molar-refractivity contribution in [3.8, 4) is 0 Å². The van der Waals surface area contributed by atoms with Crippen molar-refractivity contribution in [1.29, 1.82) is 0 Å². The van der Waals surface area contributed by atoms with Gasteiger partial charge in [-0.05, 0) is 6.07 Å². The third kappa shape index (κ3) is 2.04. The van der Waals surface area contributed by atoms with Gasteiger partial charge in [0, 0.05) is 12.1 Å². The molecular formula is C10H15N3O4. The molecule has 4 N–H and O–H groups in total. The van der Waals surface area contributed by atoms with E-state index in [4.69, 9.17) is 15.6 Å². The molecule has 0 spiro atoms. The van der Waals surface area contributed by atoms with Gasteiger partial charge in [0.1, 0.15) is 18.1 Å². The minimum Gasteiger partial charge on any atom is -0.394 e. The summed E-state index contributed by atoms with van der Waals surface area (Å²) in [5, 5.41) is 18.8. The molecule has 1 aliphatic heterocycles. The average molecular weight is 241 g/mol. The molecule has 0 radical (unpaired) electrons. The molecule has 0 saturated carbocycles. The highest BCUT2D eigenvalue weighted by atomic mass is 16.5. The molecule has 1 aliphatic rings. The summed E-state index contributed by atoms with van der Waals surface area (Å²) in [7, 11) is 0. The maximum absolute atomic E-state index is 11.6. The van der Waals surface area contributed by atoms with Gasteiger partial charge < -0.3 is 20.7 Å². The molecule has 2 rings (SSSR count). The average Bonchev–Trinajstić information content (AvgIpc) is 2.57. The Kier molecular flexibility index (Phi) is 3.14. The van der Waals surface area contributed by atoms with Crippen molar-refractivity contribution < 1.29 is 14.9 Å². The van der Waals surface area contributed by atoms with Crippen molar-refractivity contribution >= 4 is 5.82 Å². The normalized spacial score (nSPS) is 32.9. The lowest BCUT2D eigenvalue weighted by atomic mass is 10.0. The molecule has 2 heterocycles. The van der Waals surface area contributed by atoms with Gasteiger partial charge >= 0.3 is 5.69 Å². The summed E-state index contributed by atoms with van der Waals surface area (Å²) in [4.78, 5) is 15.2. The molecule has 4 atom stereocenters. The quantitative estimate of drug-likeness (QED) is 0.594. The smallest absolute Gasteiger partial charge is 0.351 e. The van der Waals surface area contributed by atoms with E-state index < -0.39 is 24.1 Å². The molecule has 0 bridgehead atoms. The topological polar surface area (TPSA) is 111 Å². The standard InChI is InChI=1S/C10H15N3O4/c1-5-8(15)6(4-14)17-9(5)13-3-2-7(11)12-10(13)16/h2-3,5-6,8-9,14-15H,4H2,1H3,(H2,11,12,16)/t5?,6-,8?,9-/m1/s1. The van der Waals surface area contributed by atoms with Crippen LogP contribution in [0.2, 0.25) is 0 Å². The lowest BCUT2D eigenvalue weighted by Crippen LogP contribution is -2.30. The van der Waals surface area contributed by atoms with Crippen LogP contribution in [0.1, 0.15) is 13.2 Å². The zero-order valence-corrected chi connectivity index (χ0v) is 9.35. The fourth-order valence-electron chi connectivity index (χ4n) is 1.98. The lowest BCUT2D eigenvalue weighted by Gasteiger charge is -2.17. The molecule has 94 valence electrons. The number of aliphatic hydroxyl groups excluding tert-OH is 2. The zero-order chi connectivity index (χ0) is 12.6. The number of rotatable bonds is 2. The van der Waals surface area contributed by atoms with Crippen LogP contribution >= 0.6 is 0 Å². The molecular weight excluding hydrogens is 226 g/mol. The van der Waals surface area contributed by atoms with E-state index in [0.29, 0.717) is 0 Å².